The van der Waals surface area contributed by atoms with Gasteiger partial charge in [-0.05, 0) is 80.9 Å². The number of benzene rings is 2. The van der Waals surface area contributed by atoms with Crippen LogP contribution < -0.4 is 10.6 Å². The predicted octanol–water partition coefficient (Wildman–Crippen LogP) is 5.38. The molecule has 7 nitrogen and oxygen atoms in total. The Balaban J connectivity index is 1.42. The van der Waals surface area contributed by atoms with Gasteiger partial charge < -0.3 is 10.6 Å². The van der Waals surface area contributed by atoms with Gasteiger partial charge in [-0.15, -0.1) is 10.2 Å². The first kappa shape index (κ1) is 21.5. The fourth-order valence-electron chi connectivity index (χ4n) is 3.11. The van der Waals surface area contributed by atoms with Crippen LogP contribution in [0.1, 0.15) is 27.3 Å². The Morgan fingerprint density at radius 3 is 2.28 bits per heavy atom. The summed E-state index contributed by atoms with van der Waals surface area (Å²) >= 11 is 5.94. The number of carbonyl (C=O) groups excluding carboxylic acids is 1. The van der Waals surface area contributed by atoms with Crippen LogP contribution >= 0.6 is 11.6 Å². The van der Waals surface area contributed by atoms with Crippen LogP contribution in [0.5, 0.6) is 0 Å². The van der Waals surface area contributed by atoms with Crippen molar-refractivity contribution in [1.29, 1.82) is 0 Å². The zero-order valence-corrected chi connectivity index (χ0v) is 18.4. The van der Waals surface area contributed by atoms with Gasteiger partial charge in [-0.25, -0.2) is 9.07 Å². The van der Waals surface area contributed by atoms with Crippen molar-refractivity contribution in [3.63, 3.8) is 0 Å². The molecule has 0 spiro atoms. The zero-order valence-electron chi connectivity index (χ0n) is 17.6. The molecule has 1 amide bonds. The highest BCUT2D eigenvalue weighted by Gasteiger charge is 2.12. The summed E-state index contributed by atoms with van der Waals surface area (Å²) in [6.45, 7) is 5.98. The minimum Gasteiger partial charge on any atom is -0.339 e. The molecule has 32 heavy (non-hydrogen) atoms. The van der Waals surface area contributed by atoms with E-state index in [1.165, 1.54) is 12.1 Å². The van der Waals surface area contributed by atoms with E-state index in [0.29, 0.717) is 17.3 Å². The van der Waals surface area contributed by atoms with Gasteiger partial charge in [0, 0.05) is 17.1 Å². The third kappa shape index (κ3) is 4.45. The maximum Gasteiger partial charge on any atom is 0.257 e. The fraction of sp³-hybridized carbons (Fsp3) is 0.130. The summed E-state index contributed by atoms with van der Waals surface area (Å²) in [6.07, 6.45) is 0. The lowest BCUT2D eigenvalue weighted by molar-refractivity contribution is 0.102. The normalized spacial score (nSPS) is 10.8. The molecule has 0 saturated heterocycles. The van der Waals surface area contributed by atoms with Crippen LogP contribution in [0.25, 0.3) is 5.82 Å². The number of aromatic nitrogens is 4. The lowest BCUT2D eigenvalue weighted by atomic mass is 10.2. The number of hydrogen-bond acceptors (Lipinski definition) is 5. The second-order valence-corrected chi connectivity index (χ2v) is 7.67. The molecule has 2 aromatic heterocycles. The number of hydrogen-bond donors (Lipinski definition) is 2. The highest BCUT2D eigenvalue weighted by molar-refractivity contribution is 6.34. The van der Waals surface area contributed by atoms with Crippen molar-refractivity contribution in [2.45, 2.75) is 20.8 Å². The fourth-order valence-corrected chi connectivity index (χ4v) is 3.36. The largest absolute Gasteiger partial charge is 0.339 e. The van der Waals surface area contributed by atoms with Crippen molar-refractivity contribution in [3.05, 3.63) is 88.0 Å². The van der Waals surface area contributed by atoms with Gasteiger partial charge in [-0.2, -0.15) is 5.10 Å². The van der Waals surface area contributed by atoms with Crippen molar-refractivity contribution < 1.29 is 9.18 Å². The van der Waals surface area contributed by atoms with E-state index in [1.54, 1.807) is 28.9 Å². The Kier molecular flexibility index (Phi) is 5.87. The number of nitrogens with zero attached hydrogens (tertiary/aromatic N) is 4. The molecule has 0 bridgehead atoms. The van der Waals surface area contributed by atoms with Crippen molar-refractivity contribution in [2.75, 3.05) is 10.6 Å². The van der Waals surface area contributed by atoms with E-state index >= 15 is 0 Å². The molecule has 2 N–H and O–H groups in total. The third-order valence-corrected chi connectivity index (χ3v) is 5.42. The molecule has 9 heteroatoms. The maximum atomic E-state index is 13.2. The number of halogens is 2. The van der Waals surface area contributed by atoms with Crippen LogP contribution in [0.4, 0.5) is 21.6 Å². The topological polar surface area (TPSA) is 84.7 Å². The summed E-state index contributed by atoms with van der Waals surface area (Å²) in [6, 6.07) is 14.4. The number of anilines is 3. The Morgan fingerprint density at radius 2 is 1.69 bits per heavy atom. The molecule has 0 unspecified atom stereocenters. The first-order valence-corrected chi connectivity index (χ1v) is 10.2. The summed E-state index contributed by atoms with van der Waals surface area (Å²) in [4.78, 5) is 12.4. The van der Waals surface area contributed by atoms with Crippen LogP contribution in [0.3, 0.4) is 0 Å². The standard InChI is InChI=1S/C23H20ClFN6O/c1-13-14(2)30-31(15(13)3)22-11-10-21(28-29-22)26-17-5-7-18(8-6-17)27-23(32)19-9-4-16(25)12-20(19)24/h4-12H,1-3H3,(H,26,28)(H,27,32). The van der Waals surface area contributed by atoms with Gasteiger partial charge in [-0.1, -0.05) is 11.6 Å². The minimum absolute atomic E-state index is 0.0541. The molecule has 162 valence electrons. The first-order chi connectivity index (χ1) is 15.3. The molecule has 0 saturated carbocycles. The maximum absolute atomic E-state index is 13.2. The summed E-state index contributed by atoms with van der Waals surface area (Å²) in [5.74, 6) is 0.295. The van der Waals surface area contributed by atoms with Crippen molar-refractivity contribution >= 4 is 34.7 Å². The van der Waals surface area contributed by atoms with Crippen molar-refractivity contribution in [2.24, 2.45) is 0 Å². The Hall–Kier alpha value is -3.78. The molecule has 0 aliphatic rings. The molecule has 2 heterocycles. The van der Waals surface area contributed by atoms with E-state index in [9.17, 15) is 9.18 Å². The van der Waals surface area contributed by atoms with Gasteiger partial charge in [0.15, 0.2) is 11.6 Å². The predicted molar refractivity (Wildman–Crippen MR) is 122 cm³/mol. The molecule has 0 fully saturated rings. The second-order valence-electron chi connectivity index (χ2n) is 7.27. The van der Waals surface area contributed by atoms with Crippen LogP contribution in [0.2, 0.25) is 5.02 Å². The minimum atomic E-state index is -0.497. The van der Waals surface area contributed by atoms with E-state index < -0.39 is 11.7 Å². The van der Waals surface area contributed by atoms with E-state index in [2.05, 4.69) is 25.9 Å². The Labute approximate surface area is 189 Å². The molecule has 4 aromatic rings. The summed E-state index contributed by atoms with van der Waals surface area (Å²) in [5.41, 5.74) is 4.65. The number of rotatable bonds is 5. The van der Waals surface area contributed by atoms with E-state index in [4.69, 9.17) is 11.6 Å². The molecule has 0 atom stereocenters. The zero-order chi connectivity index (χ0) is 22.8. The molecular weight excluding hydrogens is 431 g/mol. The first-order valence-electron chi connectivity index (χ1n) is 9.82. The van der Waals surface area contributed by atoms with E-state index in [-0.39, 0.29) is 10.6 Å². The Morgan fingerprint density at radius 1 is 0.969 bits per heavy atom. The molecular formula is C23H20ClFN6O. The van der Waals surface area contributed by atoms with E-state index in [0.717, 1.165) is 28.7 Å². The van der Waals surface area contributed by atoms with Crippen LogP contribution in [0.15, 0.2) is 54.6 Å². The number of amides is 1. The lowest BCUT2D eigenvalue weighted by Gasteiger charge is -2.09. The molecule has 4 rings (SSSR count). The van der Waals surface area contributed by atoms with E-state index in [1.807, 2.05) is 32.9 Å². The van der Waals surface area contributed by atoms with Crippen LogP contribution in [-0.4, -0.2) is 25.9 Å². The average Bonchev–Trinajstić information content (AvgIpc) is 3.03. The molecule has 0 aliphatic carbocycles. The van der Waals surface area contributed by atoms with Crippen LogP contribution in [-0.2, 0) is 0 Å². The molecule has 2 aromatic carbocycles. The smallest absolute Gasteiger partial charge is 0.257 e. The monoisotopic (exact) mass is 450 g/mol. The molecule has 0 radical (unpaired) electrons. The van der Waals surface area contributed by atoms with Gasteiger partial charge in [0.05, 0.1) is 16.3 Å². The summed E-state index contributed by atoms with van der Waals surface area (Å²) < 4.78 is 14.9. The van der Waals surface area contributed by atoms with Gasteiger partial charge in [0.25, 0.3) is 5.91 Å². The molecule has 0 aliphatic heterocycles. The van der Waals surface area contributed by atoms with Gasteiger partial charge in [-0.3, -0.25) is 4.79 Å². The van der Waals surface area contributed by atoms with Crippen molar-refractivity contribution in [3.8, 4) is 5.82 Å². The summed E-state index contributed by atoms with van der Waals surface area (Å²) in [5, 5.41) is 18.9. The van der Waals surface area contributed by atoms with Gasteiger partial charge >= 0.3 is 0 Å². The second kappa shape index (κ2) is 8.76. The average molecular weight is 451 g/mol. The van der Waals surface area contributed by atoms with Crippen molar-refractivity contribution in [1.82, 2.24) is 20.0 Å². The van der Waals surface area contributed by atoms with Gasteiger partial charge in [0.2, 0.25) is 0 Å². The highest BCUT2D eigenvalue weighted by atomic mass is 35.5. The Bertz CT molecular complexity index is 1290. The van der Waals surface area contributed by atoms with Gasteiger partial charge in [0.1, 0.15) is 5.82 Å². The lowest BCUT2D eigenvalue weighted by Crippen LogP contribution is -2.12. The number of carbonyl (C=O) groups is 1. The SMILES string of the molecule is Cc1nn(-c2ccc(Nc3ccc(NC(=O)c4ccc(F)cc4Cl)cc3)nn2)c(C)c1C. The van der Waals surface area contributed by atoms with Crippen LogP contribution in [0, 0.1) is 26.6 Å². The highest BCUT2D eigenvalue weighted by Crippen LogP contribution is 2.22. The number of nitrogens with one attached hydrogen (secondary N) is 2. The quantitative estimate of drug-likeness (QED) is 0.426. The third-order valence-electron chi connectivity index (χ3n) is 5.11. The number of aryl methyl sites for hydroxylation is 1. The summed E-state index contributed by atoms with van der Waals surface area (Å²) in [7, 11) is 0.